The fraction of sp³-hybridized carbons (Fsp3) is 0.280. The van der Waals surface area contributed by atoms with Gasteiger partial charge in [-0.2, -0.15) is 15.1 Å². The fourth-order valence-corrected chi connectivity index (χ4v) is 4.13. The molecular weight excluding hydrogens is 436 g/mol. The first-order chi connectivity index (χ1) is 15.8. The molecule has 8 heteroatoms. The second kappa shape index (κ2) is 9.62. The van der Waals surface area contributed by atoms with Crippen LogP contribution < -0.4 is 9.47 Å². The minimum Gasteiger partial charge on any atom is -0.490 e. The normalized spacial score (nSPS) is 16.8. The van der Waals surface area contributed by atoms with Crippen molar-refractivity contribution in [1.29, 1.82) is 5.41 Å². The van der Waals surface area contributed by atoms with Gasteiger partial charge in [-0.1, -0.05) is 38.1 Å². The molecule has 170 valence electrons. The van der Waals surface area contributed by atoms with Crippen LogP contribution in [0.15, 0.2) is 58.1 Å². The van der Waals surface area contributed by atoms with Crippen molar-refractivity contribution in [1.82, 2.24) is 5.01 Å². The summed E-state index contributed by atoms with van der Waals surface area (Å²) in [5, 5.41) is 15.6. The Balaban J connectivity index is 1.37. The third-order valence-corrected chi connectivity index (χ3v) is 6.32. The monoisotopic (exact) mass is 462 g/mol. The Hall–Kier alpha value is -3.39. The van der Waals surface area contributed by atoms with Gasteiger partial charge in [0.15, 0.2) is 5.84 Å². The number of rotatable bonds is 7. The van der Waals surface area contributed by atoms with Crippen LogP contribution in [0.4, 0.5) is 0 Å². The summed E-state index contributed by atoms with van der Waals surface area (Å²) < 4.78 is 11.6. The van der Waals surface area contributed by atoms with E-state index < -0.39 is 5.91 Å². The maximum absolute atomic E-state index is 12.5. The van der Waals surface area contributed by atoms with E-state index in [-0.39, 0.29) is 17.3 Å². The van der Waals surface area contributed by atoms with Gasteiger partial charge >= 0.3 is 0 Å². The van der Waals surface area contributed by atoms with Crippen molar-refractivity contribution in [3.8, 4) is 11.5 Å². The number of carbonyl (C=O) groups excluding carboxylic acids is 1. The SMILES string of the molecule is Cc1ccc(C)c(OCCOc2ccc(C=C3C(=N)N4N=C(C(C)C)SC4=NC3=O)cc2)c1. The summed E-state index contributed by atoms with van der Waals surface area (Å²) in [6, 6.07) is 13.5. The highest BCUT2D eigenvalue weighted by molar-refractivity contribution is 8.27. The van der Waals surface area contributed by atoms with Crippen molar-refractivity contribution in [3.05, 3.63) is 64.7 Å². The Morgan fingerprint density at radius 2 is 1.82 bits per heavy atom. The highest BCUT2D eigenvalue weighted by Gasteiger charge is 2.36. The quantitative estimate of drug-likeness (QED) is 0.460. The number of thioether (sulfide) groups is 1. The zero-order chi connectivity index (χ0) is 23.5. The van der Waals surface area contributed by atoms with E-state index in [9.17, 15) is 4.79 Å². The molecule has 7 nitrogen and oxygen atoms in total. The molecule has 0 saturated carbocycles. The van der Waals surface area contributed by atoms with E-state index >= 15 is 0 Å². The number of amides is 1. The molecule has 1 amide bonds. The molecule has 0 spiro atoms. The van der Waals surface area contributed by atoms with Gasteiger partial charge < -0.3 is 9.47 Å². The van der Waals surface area contributed by atoms with Crippen LogP contribution in [0.5, 0.6) is 11.5 Å². The third-order valence-electron chi connectivity index (χ3n) is 5.11. The van der Waals surface area contributed by atoms with Crippen molar-refractivity contribution in [3.63, 3.8) is 0 Å². The van der Waals surface area contributed by atoms with E-state index in [1.54, 1.807) is 6.08 Å². The summed E-state index contributed by atoms with van der Waals surface area (Å²) in [6.07, 6.45) is 1.66. The van der Waals surface area contributed by atoms with Gasteiger partial charge in [-0.25, -0.2) is 0 Å². The van der Waals surface area contributed by atoms with Crippen LogP contribution >= 0.6 is 11.8 Å². The zero-order valence-corrected chi connectivity index (χ0v) is 19.9. The van der Waals surface area contributed by atoms with E-state index in [1.165, 1.54) is 16.8 Å². The number of benzene rings is 2. The lowest BCUT2D eigenvalue weighted by Crippen LogP contribution is -2.35. The van der Waals surface area contributed by atoms with E-state index in [1.807, 2.05) is 64.1 Å². The van der Waals surface area contributed by atoms with Gasteiger partial charge in [-0.3, -0.25) is 10.2 Å². The number of fused-ring (bicyclic) bond motifs is 1. The standard InChI is InChI=1S/C25H26N4O3S/c1-15(2)24-28-29-22(26)20(23(30)27-25(29)33-24)14-18-7-9-19(10-8-18)31-11-12-32-21-13-16(3)5-6-17(21)4/h5-10,13-15,26H,11-12H2,1-4H3. The first-order valence-corrected chi connectivity index (χ1v) is 11.6. The molecule has 4 rings (SSSR count). The Bertz CT molecular complexity index is 1180. The molecular formula is C25H26N4O3S. The summed E-state index contributed by atoms with van der Waals surface area (Å²) >= 11 is 1.34. The molecule has 2 aromatic rings. The maximum Gasteiger partial charge on any atom is 0.283 e. The Morgan fingerprint density at radius 1 is 1.09 bits per heavy atom. The first kappa shape index (κ1) is 22.8. The molecule has 2 heterocycles. The second-order valence-corrected chi connectivity index (χ2v) is 9.14. The molecule has 0 aliphatic carbocycles. The summed E-state index contributed by atoms with van der Waals surface area (Å²) in [6.45, 7) is 8.95. The summed E-state index contributed by atoms with van der Waals surface area (Å²) in [7, 11) is 0. The molecule has 2 aromatic carbocycles. The third kappa shape index (κ3) is 5.17. The van der Waals surface area contributed by atoms with Crippen molar-refractivity contribution in [2.75, 3.05) is 13.2 Å². The number of hydrogen-bond donors (Lipinski definition) is 1. The molecule has 0 atom stereocenters. The van der Waals surface area contributed by atoms with E-state index in [2.05, 4.69) is 16.2 Å². The number of ether oxygens (including phenoxy) is 2. The van der Waals surface area contributed by atoms with Crippen LogP contribution in [0.25, 0.3) is 6.08 Å². The second-order valence-electron chi connectivity index (χ2n) is 8.15. The average molecular weight is 463 g/mol. The van der Waals surface area contributed by atoms with Crippen LogP contribution in [0.2, 0.25) is 0 Å². The Labute approximate surface area is 197 Å². The van der Waals surface area contributed by atoms with Crippen LogP contribution in [0.1, 0.15) is 30.5 Å². The minimum absolute atomic E-state index is 0.0390. The average Bonchev–Trinajstić information content (AvgIpc) is 3.22. The Kier molecular flexibility index (Phi) is 6.65. The molecule has 0 radical (unpaired) electrons. The smallest absolute Gasteiger partial charge is 0.283 e. The van der Waals surface area contributed by atoms with Gasteiger partial charge in [0.25, 0.3) is 5.91 Å². The highest BCUT2D eigenvalue weighted by atomic mass is 32.2. The molecule has 0 aromatic heterocycles. The predicted molar refractivity (Wildman–Crippen MR) is 133 cm³/mol. The number of hydrogen-bond acceptors (Lipinski definition) is 6. The molecule has 0 fully saturated rings. The summed E-state index contributed by atoms with van der Waals surface area (Å²) in [4.78, 5) is 16.6. The van der Waals surface area contributed by atoms with Crippen LogP contribution in [0, 0.1) is 25.2 Å². The lowest BCUT2D eigenvalue weighted by molar-refractivity contribution is -0.114. The minimum atomic E-state index is -0.428. The Morgan fingerprint density at radius 3 is 2.55 bits per heavy atom. The number of nitrogens with zero attached hydrogens (tertiary/aromatic N) is 3. The van der Waals surface area contributed by atoms with E-state index in [0.717, 1.165) is 27.5 Å². The van der Waals surface area contributed by atoms with Crippen molar-refractivity contribution in [2.45, 2.75) is 27.7 Å². The van der Waals surface area contributed by atoms with Gasteiger partial charge in [0.1, 0.15) is 29.8 Å². The van der Waals surface area contributed by atoms with Gasteiger partial charge in [-0.05, 0) is 66.6 Å². The zero-order valence-electron chi connectivity index (χ0n) is 19.1. The summed E-state index contributed by atoms with van der Waals surface area (Å²) in [5.74, 6) is 1.39. The molecule has 2 aliphatic heterocycles. The lowest BCUT2D eigenvalue weighted by Gasteiger charge is -2.20. The van der Waals surface area contributed by atoms with E-state index in [4.69, 9.17) is 14.9 Å². The van der Waals surface area contributed by atoms with Gasteiger partial charge in [-0.15, -0.1) is 0 Å². The molecule has 33 heavy (non-hydrogen) atoms. The molecule has 2 aliphatic rings. The first-order valence-electron chi connectivity index (χ1n) is 10.7. The maximum atomic E-state index is 12.5. The van der Waals surface area contributed by atoms with Crippen LogP contribution in [-0.2, 0) is 4.79 Å². The fourth-order valence-electron chi connectivity index (χ4n) is 3.24. The predicted octanol–water partition coefficient (Wildman–Crippen LogP) is 5.04. The number of hydrazone groups is 1. The van der Waals surface area contributed by atoms with Gasteiger partial charge in [0.2, 0.25) is 5.17 Å². The largest absolute Gasteiger partial charge is 0.490 e. The number of aryl methyl sites for hydroxylation is 2. The molecule has 0 bridgehead atoms. The van der Waals surface area contributed by atoms with Crippen LogP contribution in [-0.4, -0.2) is 40.2 Å². The van der Waals surface area contributed by atoms with Gasteiger partial charge in [0.05, 0.1) is 5.57 Å². The summed E-state index contributed by atoms with van der Waals surface area (Å²) in [5.41, 5.74) is 3.24. The lowest BCUT2D eigenvalue weighted by atomic mass is 10.1. The number of aliphatic imine (C=N–C) groups is 1. The van der Waals surface area contributed by atoms with E-state index in [0.29, 0.717) is 24.1 Å². The number of carbonyl (C=O) groups is 1. The molecule has 0 unspecified atom stereocenters. The van der Waals surface area contributed by atoms with Crippen molar-refractivity contribution < 1.29 is 14.3 Å². The van der Waals surface area contributed by atoms with Crippen molar-refractivity contribution in [2.24, 2.45) is 16.0 Å². The topological polar surface area (TPSA) is 87.3 Å². The molecule has 0 saturated heterocycles. The van der Waals surface area contributed by atoms with Crippen molar-refractivity contribution >= 4 is 39.8 Å². The van der Waals surface area contributed by atoms with Gasteiger partial charge in [0, 0.05) is 5.92 Å². The highest BCUT2D eigenvalue weighted by Crippen LogP contribution is 2.31. The molecule has 1 N–H and O–H groups in total. The number of amidine groups is 2. The van der Waals surface area contributed by atoms with Crippen LogP contribution in [0.3, 0.4) is 0 Å². The number of nitrogens with one attached hydrogen (secondary N) is 1.